The van der Waals surface area contributed by atoms with Gasteiger partial charge in [0.05, 0.1) is 5.56 Å². The summed E-state index contributed by atoms with van der Waals surface area (Å²) in [4.78, 5) is 112. The summed E-state index contributed by atoms with van der Waals surface area (Å²) in [5.74, 6) is -4.61. The van der Waals surface area contributed by atoms with E-state index < -0.39 is 59.6 Å². The summed E-state index contributed by atoms with van der Waals surface area (Å²) >= 11 is 0. The van der Waals surface area contributed by atoms with E-state index in [0.717, 1.165) is 18.6 Å². The Hall–Kier alpha value is -9.80. The molecule has 74 heavy (non-hydrogen) atoms. The molecule has 0 radical (unpaired) electrons. The molecule has 0 aliphatic rings. The number of benzene rings is 5. The number of amides is 1. The number of ether oxygens (including phenoxy) is 10. The first-order chi connectivity index (χ1) is 34.9. The van der Waals surface area contributed by atoms with E-state index in [1.165, 1.54) is 97.0 Å². The molecule has 4 N–H and O–H groups in total. The second-order valence-corrected chi connectivity index (χ2v) is 14.8. The van der Waals surface area contributed by atoms with Gasteiger partial charge in [0.25, 0.3) is 5.91 Å². The number of nitrogen functional groups attached to an aromatic ring is 1. The Labute approximate surface area is 422 Å². The molecule has 390 valence electrons. The number of aromatic carboxylic acids is 1. The van der Waals surface area contributed by atoms with E-state index in [9.17, 15) is 47.9 Å². The number of anilines is 1. The Morgan fingerprint density at radius 2 is 0.770 bits per heavy atom. The van der Waals surface area contributed by atoms with Gasteiger partial charge < -0.3 is 63.5 Å². The molecule has 5 aromatic rings. The second kappa shape index (κ2) is 28.8. The fourth-order valence-corrected chi connectivity index (χ4v) is 5.59. The maximum absolute atomic E-state index is 12.2. The highest BCUT2D eigenvalue weighted by atomic mass is 16.6. The number of carbonyl (C=O) groups is 10. The maximum atomic E-state index is 12.2. The van der Waals surface area contributed by atoms with E-state index in [1.54, 1.807) is 42.5 Å². The van der Waals surface area contributed by atoms with Gasteiger partial charge in [-0.05, 0) is 90.8 Å². The zero-order valence-corrected chi connectivity index (χ0v) is 41.0. The van der Waals surface area contributed by atoms with Gasteiger partial charge in [-0.1, -0.05) is 6.07 Å². The van der Waals surface area contributed by atoms with Gasteiger partial charge in [-0.3, -0.25) is 43.2 Å². The first-order valence-electron chi connectivity index (χ1n) is 21.6. The highest BCUT2D eigenvalue weighted by Gasteiger charge is 2.17. The molecular formula is C51H50N2O21. The van der Waals surface area contributed by atoms with E-state index in [0.29, 0.717) is 23.6 Å². The molecule has 0 spiro atoms. The lowest BCUT2D eigenvalue weighted by atomic mass is 10.1. The van der Waals surface area contributed by atoms with Crippen molar-refractivity contribution >= 4 is 65.3 Å². The summed E-state index contributed by atoms with van der Waals surface area (Å²) in [6.45, 7) is 9.64. The molecule has 0 saturated heterocycles. The average molecular weight is 1030 g/mol. The Bertz CT molecular complexity index is 2890. The van der Waals surface area contributed by atoms with Crippen molar-refractivity contribution in [2.75, 3.05) is 18.9 Å². The third-order valence-electron chi connectivity index (χ3n) is 8.28. The summed E-state index contributed by atoms with van der Waals surface area (Å²) in [5, 5.41) is 11.4. The first kappa shape index (κ1) is 58.5. The first-order valence-corrected chi connectivity index (χ1v) is 21.6. The van der Waals surface area contributed by atoms with Crippen molar-refractivity contribution in [2.24, 2.45) is 0 Å². The fraction of sp³-hybridized carbons (Fsp3) is 0.216. The van der Waals surface area contributed by atoms with Crippen molar-refractivity contribution in [1.29, 1.82) is 0 Å². The van der Waals surface area contributed by atoms with Crippen LogP contribution in [-0.4, -0.2) is 77.9 Å². The molecule has 5 rings (SSSR count). The maximum Gasteiger partial charge on any atom is 0.335 e. The van der Waals surface area contributed by atoms with Gasteiger partial charge in [0, 0.05) is 79.8 Å². The number of nitrogens with two attached hydrogens (primary N) is 1. The van der Waals surface area contributed by atoms with Crippen LogP contribution in [0.2, 0.25) is 0 Å². The van der Waals surface area contributed by atoms with Gasteiger partial charge in [0.15, 0.2) is 52.6 Å². The Balaban J connectivity index is 0.000000316. The van der Waals surface area contributed by atoms with Gasteiger partial charge in [0.2, 0.25) is 0 Å². The standard InChI is InChI=1S/C24H25NO10.C16H15NO5.C11H10O6/c1-14(26)32-20-7-5-18(11-22(20)34-16(3)28)9-10-25-24(30)13-31-19-6-8-21(33-15(2)27)23(12-19)35-17(4)29;1-10(18)20-15-8-7-14(9-16(15)21-11(2)19)22-13-5-3-12(17)4-6-13;1-6(12)16-9-4-3-8(11(14)15)5-10(9)17-7(2)13/h5-8,11-12H,9-10,13H2,1-4H3,(H,25,30);3-9H,17H2,1-2H3;3-5H,1-2H3,(H,14,15). The molecule has 0 saturated carbocycles. The molecule has 23 nitrogen and oxygen atoms in total. The number of carboxylic acid groups (broad SMARTS) is 1. The number of hydrogen-bond acceptors (Lipinski definition) is 21. The van der Waals surface area contributed by atoms with Crippen molar-refractivity contribution in [3.05, 3.63) is 108 Å². The van der Waals surface area contributed by atoms with Crippen LogP contribution in [0.15, 0.2) is 97.1 Å². The molecule has 1 amide bonds. The Morgan fingerprint density at radius 3 is 1.20 bits per heavy atom. The van der Waals surface area contributed by atoms with Crippen molar-refractivity contribution in [3.8, 4) is 63.2 Å². The van der Waals surface area contributed by atoms with Crippen LogP contribution in [0.25, 0.3) is 0 Å². The van der Waals surface area contributed by atoms with Gasteiger partial charge in [-0.25, -0.2) is 4.79 Å². The van der Waals surface area contributed by atoms with Crippen LogP contribution in [0.4, 0.5) is 5.69 Å². The molecule has 0 aliphatic carbocycles. The normalized spacial score (nSPS) is 9.89. The third-order valence-corrected chi connectivity index (χ3v) is 8.28. The van der Waals surface area contributed by atoms with E-state index in [2.05, 4.69) is 5.32 Å². The smallest absolute Gasteiger partial charge is 0.335 e. The second-order valence-electron chi connectivity index (χ2n) is 14.8. The largest absolute Gasteiger partial charge is 0.484 e. The summed E-state index contributed by atoms with van der Waals surface area (Å²) in [6, 6.07) is 23.9. The number of nitrogens with one attached hydrogen (secondary N) is 1. The van der Waals surface area contributed by atoms with Crippen molar-refractivity contribution < 1.29 is 100 Å². The van der Waals surface area contributed by atoms with Crippen LogP contribution in [0.1, 0.15) is 71.3 Å². The van der Waals surface area contributed by atoms with Gasteiger partial charge in [0.1, 0.15) is 17.2 Å². The summed E-state index contributed by atoms with van der Waals surface area (Å²) < 4.78 is 50.7. The number of carboxylic acids is 1. The predicted octanol–water partition coefficient (Wildman–Crippen LogP) is 6.27. The number of rotatable bonds is 17. The summed E-state index contributed by atoms with van der Waals surface area (Å²) in [7, 11) is 0. The highest BCUT2D eigenvalue weighted by Crippen LogP contribution is 2.35. The molecule has 23 heteroatoms. The molecule has 0 fully saturated rings. The van der Waals surface area contributed by atoms with Crippen LogP contribution >= 0.6 is 0 Å². The van der Waals surface area contributed by atoms with Crippen LogP contribution in [0.5, 0.6) is 63.2 Å². The number of hydrogen-bond donors (Lipinski definition) is 3. The third kappa shape index (κ3) is 21.9. The van der Waals surface area contributed by atoms with Gasteiger partial charge in [-0.2, -0.15) is 0 Å². The molecule has 0 aliphatic heterocycles. The molecular weight excluding hydrogens is 977 g/mol. The molecule has 0 heterocycles. The Morgan fingerprint density at radius 1 is 0.419 bits per heavy atom. The molecule has 0 bridgehead atoms. The Kier molecular flexibility index (Phi) is 22.7. The topological polar surface area (TPSA) is 321 Å². The van der Waals surface area contributed by atoms with Crippen molar-refractivity contribution in [1.82, 2.24) is 5.32 Å². The fourth-order valence-electron chi connectivity index (χ4n) is 5.59. The van der Waals surface area contributed by atoms with Gasteiger partial charge in [-0.15, -0.1) is 0 Å². The molecule has 0 unspecified atom stereocenters. The lowest BCUT2D eigenvalue weighted by Gasteiger charge is -2.12. The predicted molar refractivity (Wildman–Crippen MR) is 256 cm³/mol. The van der Waals surface area contributed by atoms with E-state index in [-0.39, 0.29) is 70.5 Å². The van der Waals surface area contributed by atoms with E-state index >= 15 is 0 Å². The minimum atomic E-state index is -1.17. The zero-order chi connectivity index (χ0) is 55.1. The minimum absolute atomic E-state index is 0.00213. The lowest BCUT2D eigenvalue weighted by Crippen LogP contribution is -2.30. The quantitative estimate of drug-likeness (QED) is 0.0524. The SMILES string of the molecule is CC(=O)Oc1ccc(C(=O)O)cc1OC(C)=O.CC(=O)Oc1ccc(CCNC(=O)COc2ccc(OC(C)=O)c(OC(C)=O)c2)cc1OC(C)=O.CC(=O)Oc1ccc(Oc2ccc(N)cc2)cc1OC(C)=O. The number of esters is 8. The monoisotopic (exact) mass is 1030 g/mol. The van der Waals surface area contributed by atoms with Crippen LogP contribution < -0.4 is 58.4 Å². The average Bonchev–Trinajstić information content (AvgIpc) is 3.28. The summed E-state index contributed by atoms with van der Waals surface area (Å²) in [6.07, 6.45) is 0.397. The molecule has 5 aromatic carbocycles. The summed E-state index contributed by atoms with van der Waals surface area (Å²) in [5.41, 5.74) is 6.88. The lowest BCUT2D eigenvalue weighted by molar-refractivity contribution is -0.134. The van der Waals surface area contributed by atoms with E-state index in [4.69, 9.17) is 58.2 Å². The van der Waals surface area contributed by atoms with Crippen LogP contribution in [0, 0.1) is 0 Å². The van der Waals surface area contributed by atoms with E-state index in [1.807, 2.05) is 0 Å². The van der Waals surface area contributed by atoms with Crippen molar-refractivity contribution in [2.45, 2.75) is 61.8 Å². The molecule has 0 atom stereocenters. The molecule has 0 aromatic heterocycles. The minimum Gasteiger partial charge on any atom is -0.484 e. The highest BCUT2D eigenvalue weighted by molar-refractivity contribution is 5.89. The number of carbonyl (C=O) groups excluding carboxylic acids is 9. The van der Waals surface area contributed by atoms with Crippen LogP contribution in [-0.2, 0) is 49.6 Å². The zero-order valence-electron chi connectivity index (χ0n) is 41.0. The van der Waals surface area contributed by atoms with Gasteiger partial charge >= 0.3 is 53.7 Å². The van der Waals surface area contributed by atoms with Crippen LogP contribution in [0.3, 0.4) is 0 Å². The van der Waals surface area contributed by atoms with Crippen molar-refractivity contribution in [3.63, 3.8) is 0 Å².